The van der Waals surface area contributed by atoms with Gasteiger partial charge in [-0.05, 0) is 24.3 Å². The third-order valence-electron chi connectivity index (χ3n) is 2.37. The van der Waals surface area contributed by atoms with Gasteiger partial charge in [-0.1, -0.05) is 12.2 Å². The number of urea groups is 1. The van der Waals surface area contributed by atoms with E-state index >= 15 is 0 Å². The minimum absolute atomic E-state index is 0.165. The maximum absolute atomic E-state index is 11.8. The molecule has 0 bridgehead atoms. The standard InChI is InChI=1S/C13H19N3O2/c1-16(10-4-3-9-14)13(17)15-11-5-7-12(18-2)8-6-11/h3-8H,9-10,14H2,1-2H3,(H,15,17)/b4-3-. The van der Waals surface area contributed by atoms with Gasteiger partial charge in [0.2, 0.25) is 0 Å². The summed E-state index contributed by atoms with van der Waals surface area (Å²) in [4.78, 5) is 13.3. The Morgan fingerprint density at radius 2 is 2.06 bits per heavy atom. The maximum atomic E-state index is 11.8. The van der Waals surface area contributed by atoms with E-state index in [-0.39, 0.29) is 6.03 Å². The number of nitrogens with two attached hydrogens (primary N) is 1. The number of amides is 2. The molecule has 3 N–H and O–H groups in total. The van der Waals surface area contributed by atoms with E-state index in [9.17, 15) is 4.79 Å². The highest BCUT2D eigenvalue weighted by molar-refractivity contribution is 5.89. The van der Waals surface area contributed by atoms with Gasteiger partial charge in [-0.15, -0.1) is 0 Å². The second-order valence-corrected chi connectivity index (χ2v) is 3.75. The molecule has 0 aliphatic heterocycles. The molecule has 0 aromatic heterocycles. The molecule has 2 amide bonds. The number of carbonyl (C=O) groups is 1. The van der Waals surface area contributed by atoms with E-state index in [0.717, 1.165) is 11.4 Å². The van der Waals surface area contributed by atoms with Crippen molar-refractivity contribution in [1.82, 2.24) is 4.90 Å². The molecule has 1 aromatic carbocycles. The molecule has 5 nitrogen and oxygen atoms in total. The van der Waals surface area contributed by atoms with Crippen molar-refractivity contribution in [3.63, 3.8) is 0 Å². The van der Waals surface area contributed by atoms with Crippen molar-refractivity contribution in [2.24, 2.45) is 5.73 Å². The van der Waals surface area contributed by atoms with Crippen LogP contribution in [0.2, 0.25) is 0 Å². The summed E-state index contributed by atoms with van der Waals surface area (Å²) in [6, 6.07) is 7.01. The molecule has 0 saturated heterocycles. The minimum atomic E-state index is -0.165. The molecule has 0 aliphatic rings. The normalized spacial score (nSPS) is 10.4. The Morgan fingerprint density at radius 3 is 2.61 bits per heavy atom. The minimum Gasteiger partial charge on any atom is -0.497 e. The molecular formula is C13H19N3O2. The van der Waals surface area contributed by atoms with E-state index < -0.39 is 0 Å². The van der Waals surface area contributed by atoms with Crippen LogP contribution in [0.4, 0.5) is 10.5 Å². The van der Waals surface area contributed by atoms with Crippen LogP contribution in [0.25, 0.3) is 0 Å². The Kier molecular flexibility index (Phi) is 5.73. The molecule has 0 aliphatic carbocycles. The Bertz CT molecular complexity index is 401. The van der Waals surface area contributed by atoms with Crippen LogP contribution in [-0.4, -0.2) is 38.2 Å². The monoisotopic (exact) mass is 249 g/mol. The Labute approximate surface area is 107 Å². The van der Waals surface area contributed by atoms with Crippen LogP contribution in [0.3, 0.4) is 0 Å². The van der Waals surface area contributed by atoms with Crippen LogP contribution in [0, 0.1) is 0 Å². The summed E-state index contributed by atoms with van der Waals surface area (Å²) in [6.07, 6.45) is 3.67. The third-order valence-corrected chi connectivity index (χ3v) is 2.37. The smallest absolute Gasteiger partial charge is 0.321 e. The van der Waals surface area contributed by atoms with Gasteiger partial charge in [-0.3, -0.25) is 0 Å². The van der Waals surface area contributed by atoms with E-state index in [2.05, 4.69) is 5.32 Å². The van der Waals surface area contributed by atoms with E-state index in [4.69, 9.17) is 10.5 Å². The number of hydrogen-bond acceptors (Lipinski definition) is 3. The van der Waals surface area contributed by atoms with Crippen LogP contribution in [0.15, 0.2) is 36.4 Å². The summed E-state index contributed by atoms with van der Waals surface area (Å²) in [5, 5.41) is 2.79. The average molecular weight is 249 g/mol. The lowest BCUT2D eigenvalue weighted by atomic mass is 10.3. The van der Waals surface area contributed by atoms with Crippen LogP contribution < -0.4 is 15.8 Å². The summed E-state index contributed by atoms with van der Waals surface area (Å²) in [5.74, 6) is 0.757. The number of ether oxygens (including phenoxy) is 1. The zero-order chi connectivity index (χ0) is 13.4. The molecule has 0 fully saturated rings. The first-order valence-electron chi connectivity index (χ1n) is 5.68. The number of nitrogens with zero attached hydrogens (tertiary/aromatic N) is 1. The maximum Gasteiger partial charge on any atom is 0.321 e. The van der Waals surface area contributed by atoms with Crippen molar-refractivity contribution in [3.8, 4) is 5.75 Å². The molecule has 0 atom stereocenters. The molecule has 1 aromatic rings. The topological polar surface area (TPSA) is 67.6 Å². The Balaban J connectivity index is 2.49. The zero-order valence-electron chi connectivity index (χ0n) is 10.7. The molecule has 1 rings (SSSR count). The fourth-order valence-electron chi connectivity index (χ4n) is 1.31. The van der Waals surface area contributed by atoms with Gasteiger partial charge in [0.25, 0.3) is 0 Å². The van der Waals surface area contributed by atoms with Crippen LogP contribution >= 0.6 is 0 Å². The van der Waals surface area contributed by atoms with Gasteiger partial charge in [-0.25, -0.2) is 4.79 Å². The molecule has 0 spiro atoms. The summed E-state index contributed by atoms with van der Waals surface area (Å²) in [7, 11) is 3.32. The Hall–Kier alpha value is -2.01. The lowest BCUT2D eigenvalue weighted by Crippen LogP contribution is -2.31. The summed E-state index contributed by atoms with van der Waals surface area (Å²) in [5.41, 5.74) is 6.06. The van der Waals surface area contributed by atoms with Crippen LogP contribution in [0.5, 0.6) is 5.75 Å². The second-order valence-electron chi connectivity index (χ2n) is 3.75. The summed E-state index contributed by atoms with van der Waals surface area (Å²) in [6.45, 7) is 1.01. The van der Waals surface area contributed by atoms with Gasteiger partial charge in [0.15, 0.2) is 0 Å². The first kappa shape index (κ1) is 14.1. The first-order valence-corrected chi connectivity index (χ1v) is 5.68. The number of hydrogen-bond donors (Lipinski definition) is 2. The number of nitrogens with one attached hydrogen (secondary N) is 1. The number of anilines is 1. The van der Waals surface area contributed by atoms with Crippen molar-refractivity contribution in [2.45, 2.75) is 0 Å². The SMILES string of the molecule is COc1ccc(NC(=O)N(C)C/C=C\CN)cc1. The molecule has 0 heterocycles. The van der Waals surface area contributed by atoms with Crippen LogP contribution in [0.1, 0.15) is 0 Å². The first-order chi connectivity index (χ1) is 8.67. The van der Waals surface area contributed by atoms with Crippen molar-refractivity contribution < 1.29 is 9.53 Å². The highest BCUT2D eigenvalue weighted by Crippen LogP contribution is 2.15. The quantitative estimate of drug-likeness (QED) is 0.780. The van der Waals surface area contributed by atoms with Crippen LogP contribution in [-0.2, 0) is 0 Å². The van der Waals surface area contributed by atoms with Crippen molar-refractivity contribution >= 4 is 11.7 Å². The van der Waals surface area contributed by atoms with Gasteiger partial charge in [-0.2, -0.15) is 0 Å². The van der Waals surface area contributed by atoms with Gasteiger partial charge in [0, 0.05) is 25.8 Å². The largest absolute Gasteiger partial charge is 0.497 e. The van der Waals surface area contributed by atoms with Gasteiger partial charge < -0.3 is 20.7 Å². The van der Waals surface area contributed by atoms with Crippen molar-refractivity contribution in [2.75, 3.05) is 32.6 Å². The number of benzene rings is 1. The molecule has 5 heteroatoms. The highest BCUT2D eigenvalue weighted by Gasteiger charge is 2.06. The van der Waals surface area contributed by atoms with E-state index in [1.54, 1.807) is 43.3 Å². The molecular weight excluding hydrogens is 230 g/mol. The predicted molar refractivity (Wildman–Crippen MR) is 72.8 cm³/mol. The van der Waals surface area contributed by atoms with Gasteiger partial charge >= 0.3 is 6.03 Å². The number of carbonyl (C=O) groups excluding carboxylic acids is 1. The van der Waals surface area contributed by atoms with E-state index in [1.165, 1.54) is 0 Å². The van der Waals surface area contributed by atoms with Gasteiger partial charge in [0.05, 0.1) is 7.11 Å². The average Bonchev–Trinajstić information content (AvgIpc) is 2.39. The highest BCUT2D eigenvalue weighted by atomic mass is 16.5. The molecule has 0 saturated carbocycles. The Morgan fingerprint density at radius 1 is 1.39 bits per heavy atom. The lowest BCUT2D eigenvalue weighted by molar-refractivity contribution is 0.226. The molecule has 18 heavy (non-hydrogen) atoms. The molecule has 98 valence electrons. The zero-order valence-corrected chi connectivity index (χ0v) is 10.7. The summed E-state index contributed by atoms with van der Waals surface area (Å²) < 4.78 is 5.04. The number of methoxy groups -OCH3 is 1. The molecule has 0 radical (unpaired) electrons. The van der Waals surface area contributed by atoms with Crippen molar-refractivity contribution in [3.05, 3.63) is 36.4 Å². The summed E-state index contributed by atoms with van der Waals surface area (Å²) >= 11 is 0. The number of likely N-dealkylation sites (N-methyl/N-ethyl adjacent to an activating group) is 1. The molecule has 0 unspecified atom stereocenters. The second kappa shape index (κ2) is 7.34. The lowest BCUT2D eigenvalue weighted by Gasteiger charge is -2.16. The fourth-order valence-corrected chi connectivity index (χ4v) is 1.31. The van der Waals surface area contributed by atoms with E-state index in [0.29, 0.717) is 13.1 Å². The number of rotatable bonds is 5. The third kappa shape index (κ3) is 4.47. The predicted octanol–water partition coefficient (Wildman–Crippen LogP) is 1.67. The van der Waals surface area contributed by atoms with Gasteiger partial charge in [0.1, 0.15) is 5.75 Å². The van der Waals surface area contributed by atoms with E-state index in [1.807, 2.05) is 12.2 Å². The fraction of sp³-hybridized carbons (Fsp3) is 0.308. The van der Waals surface area contributed by atoms with Crippen molar-refractivity contribution in [1.29, 1.82) is 0 Å².